The first-order chi connectivity index (χ1) is 18.6. The number of benzene rings is 4. The Labute approximate surface area is 222 Å². The molecule has 2 aliphatic carbocycles. The highest BCUT2D eigenvalue weighted by molar-refractivity contribution is 5.83. The van der Waals surface area contributed by atoms with Crippen LogP contribution in [0.15, 0.2) is 122 Å². The van der Waals surface area contributed by atoms with Crippen molar-refractivity contribution in [1.82, 2.24) is 0 Å². The van der Waals surface area contributed by atoms with E-state index >= 15 is 0 Å². The fraction of sp³-hybridized carbons (Fsp3) is 0.118. The molecule has 0 amide bonds. The summed E-state index contributed by atoms with van der Waals surface area (Å²) in [4.78, 5) is 22.5. The molecule has 0 saturated carbocycles. The van der Waals surface area contributed by atoms with Gasteiger partial charge in [0.2, 0.25) is 0 Å². The van der Waals surface area contributed by atoms with E-state index in [-0.39, 0.29) is 23.8 Å². The van der Waals surface area contributed by atoms with E-state index < -0.39 is 0 Å². The number of hydrogen-bond donors (Lipinski definition) is 0. The summed E-state index contributed by atoms with van der Waals surface area (Å²) in [7, 11) is 0. The number of rotatable bonds is 6. The van der Waals surface area contributed by atoms with Gasteiger partial charge in [-0.2, -0.15) is 0 Å². The van der Waals surface area contributed by atoms with Crippen molar-refractivity contribution in [2.24, 2.45) is 0 Å². The van der Waals surface area contributed by atoms with Crippen molar-refractivity contribution in [3.8, 4) is 22.3 Å². The first kappa shape index (κ1) is 25.0. The van der Waals surface area contributed by atoms with E-state index in [1.807, 2.05) is 48.5 Å². The van der Waals surface area contributed by atoms with Gasteiger partial charge in [-0.25, -0.2) is 9.59 Å². The lowest BCUT2D eigenvalue weighted by molar-refractivity contribution is -0.138. The number of esters is 2. The summed E-state index contributed by atoms with van der Waals surface area (Å²) in [5.74, 6) is -0.503. The molecule has 0 heterocycles. The average Bonchev–Trinajstić information content (AvgIpc) is 3.47. The molecule has 6 rings (SSSR count). The van der Waals surface area contributed by atoms with Gasteiger partial charge in [-0.05, 0) is 44.5 Å². The second kappa shape index (κ2) is 11.1. The molecule has 0 aromatic heterocycles. The van der Waals surface area contributed by atoms with Crippen molar-refractivity contribution in [3.05, 3.63) is 145 Å². The highest BCUT2D eigenvalue weighted by Crippen LogP contribution is 2.45. The van der Waals surface area contributed by atoms with Crippen molar-refractivity contribution >= 4 is 11.9 Å². The predicted octanol–water partition coefficient (Wildman–Crippen LogP) is 7.06. The van der Waals surface area contributed by atoms with Crippen molar-refractivity contribution < 1.29 is 19.1 Å². The number of carbonyl (C=O) groups is 2. The van der Waals surface area contributed by atoms with E-state index in [2.05, 4.69) is 61.7 Å². The van der Waals surface area contributed by atoms with Gasteiger partial charge in [0.25, 0.3) is 0 Å². The zero-order valence-corrected chi connectivity index (χ0v) is 21.0. The molecule has 38 heavy (non-hydrogen) atoms. The highest BCUT2D eigenvalue weighted by Gasteiger charge is 2.29. The summed E-state index contributed by atoms with van der Waals surface area (Å²) < 4.78 is 10.5. The number of carbonyl (C=O) groups excluding carboxylic acids is 2. The van der Waals surface area contributed by atoms with E-state index in [0.717, 1.165) is 0 Å². The molecule has 0 aliphatic heterocycles. The molecule has 0 fully saturated rings. The topological polar surface area (TPSA) is 52.6 Å². The van der Waals surface area contributed by atoms with Gasteiger partial charge >= 0.3 is 11.9 Å². The van der Waals surface area contributed by atoms with Gasteiger partial charge in [-0.1, -0.05) is 110 Å². The van der Waals surface area contributed by atoms with E-state index in [4.69, 9.17) is 9.47 Å². The summed E-state index contributed by atoms with van der Waals surface area (Å²) in [6, 6.07) is 33.1. The minimum Gasteiger partial charge on any atom is -0.462 e. The quantitative estimate of drug-likeness (QED) is 0.210. The summed E-state index contributed by atoms with van der Waals surface area (Å²) in [5, 5.41) is 0. The Kier molecular flexibility index (Phi) is 7.32. The van der Waals surface area contributed by atoms with Gasteiger partial charge in [-0.15, -0.1) is 0 Å². The fourth-order valence-electron chi connectivity index (χ4n) is 5.33. The van der Waals surface area contributed by atoms with E-state index in [0.29, 0.717) is 13.2 Å². The first-order valence-corrected chi connectivity index (χ1v) is 12.6. The van der Waals surface area contributed by atoms with Crippen LogP contribution in [0.25, 0.3) is 22.3 Å². The maximum absolute atomic E-state index is 11.3. The third kappa shape index (κ3) is 4.81. The van der Waals surface area contributed by atoms with Crippen LogP contribution in [0.4, 0.5) is 0 Å². The lowest BCUT2D eigenvalue weighted by Gasteiger charge is -2.13. The van der Waals surface area contributed by atoms with Gasteiger partial charge in [0.1, 0.15) is 13.2 Å². The number of ether oxygens (including phenoxy) is 2. The lowest BCUT2D eigenvalue weighted by Crippen LogP contribution is -2.10. The molecule has 2 aliphatic rings. The maximum Gasteiger partial charge on any atom is 0.330 e. The molecule has 188 valence electrons. The van der Waals surface area contributed by atoms with Crippen molar-refractivity contribution in [1.29, 1.82) is 0 Å². The summed E-state index contributed by atoms with van der Waals surface area (Å²) in [6.45, 7) is 7.56. The predicted molar refractivity (Wildman–Crippen MR) is 150 cm³/mol. The molecule has 0 unspecified atom stereocenters. The maximum atomic E-state index is 11.3. The van der Waals surface area contributed by atoms with Crippen molar-refractivity contribution in [2.75, 3.05) is 13.2 Å². The van der Waals surface area contributed by atoms with Crippen LogP contribution < -0.4 is 0 Å². The number of hydrogen-bond acceptors (Lipinski definition) is 4. The SMILES string of the molecule is C=CC(=O)OCC1c2ccccc2-c2ccccc21.C=CC(=O)OCC1c2ccccc2-c2ccccc21. The van der Waals surface area contributed by atoms with E-state index in [9.17, 15) is 9.59 Å². The van der Waals surface area contributed by atoms with Gasteiger partial charge in [0, 0.05) is 24.0 Å². The Balaban J connectivity index is 0.000000155. The minimum absolute atomic E-state index is 0.122. The van der Waals surface area contributed by atoms with Crippen LogP contribution in [-0.2, 0) is 19.1 Å². The molecule has 0 N–H and O–H groups in total. The van der Waals surface area contributed by atoms with Gasteiger partial charge < -0.3 is 9.47 Å². The summed E-state index contributed by atoms with van der Waals surface area (Å²) in [6.07, 6.45) is 2.40. The van der Waals surface area contributed by atoms with Crippen LogP contribution in [0.5, 0.6) is 0 Å². The zero-order chi connectivity index (χ0) is 26.5. The third-order valence-corrected chi connectivity index (χ3v) is 7.04. The highest BCUT2D eigenvalue weighted by atomic mass is 16.5. The average molecular weight is 501 g/mol. The molecule has 0 saturated heterocycles. The van der Waals surface area contributed by atoms with Gasteiger partial charge in [0.05, 0.1) is 0 Å². The fourth-order valence-corrected chi connectivity index (χ4v) is 5.33. The molecule has 4 aromatic rings. The molecule has 0 bridgehead atoms. The van der Waals surface area contributed by atoms with Crippen LogP contribution in [-0.4, -0.2) is 25.2 Å². The second-order valence-electron chi connectivity index (χ2n) is 9.12. The van der Waals surface area contributed by atoms with E-state index in [1.54, 1.807) is 0 Å². The molecule has 4 nitrogen and oxygen atoms in total. The normalized spacial score (nSPS) is 12.6. The molecule has 0 atom stereocenters. The Morgan fingerprint density at radius 2 is 0.789 bits per heavy atom. The lowest BCUT2D eigenvalue weighted by atomic mass is 9.98. The molecular formula is C34H28O4. The smallest absolute Gasteiger partial charge is 0.330 e. The molecule has 0 radical (unpaired) electrons. The van der Waals surface area contributed by atoms with Gasteiger partial charge in [-0.3, -0.25) is 0 Å². The van der Waals surface area contributed by atoms with Crippen molar-refractivity contribution in [2.45, 2.75) is 11.8 Å². The Bertz CT molecular complexity index is 1310. The molecule has 4 heteroatoms. The van der Waals surface area contributed by atoms with Crippen molar-refractivity contribution in [3.63, 3.8) is 0 Å². The zero-order valence-electron chi connectivity index (χ0n) is 21.0. The van der Waals surface area contributed by atoms with Crippen LogP contribution >= 0.6 is 0 Å². The third-order valence-electron chi connectivity index (χ3n) is 7.04. The standard InChI is InChI=1S/2C17H14O2/c2*1-2-17(18)19-11-16-14-9-5-3-7-12(14)13-8-4-6-10-15(13)16/h2*2-10,16H,1,11H2. The first-order valence-electron chi connectivity index (χ1n) is 12.6. The largest absolute Gasteiger partial charge is 0.462 e. The molecular weight excluding hydrogens is 472 g/mol. The van der Waals surface area contributed by atoms with Crippen LogP contribution in [0.1, 0.15) is 34.1 Å². The molecule has 0 spiro atoms. The van der Waals surface area contributed by atoms with Crippen LogP contribution in [0.3, 0.4) is 0 Å². The Morgan fingerprint density at radius 1 is 0.526 bits per heavy atom. The van der Waals surface area contributed by atoms with E-state index in [1.165, 1.54) is 56.7 Å². The number of fused-ring (bicyclic) bond motifs is 6. The Morgan fingerprint density at radius 3 is 1.05 bits per heavy atom. The monoisotopic (exact) mass is 500 g/mol. The minimum atomic E-state index is -0.373. The molecule has 4 aromatic carbocycles. The van der Waals surface area contributed by atoms with Crippen LogP contribution in [0, 0.1) is 0 Å². The second-order valence-corrected chi connectivity index (χ2v) is 9.12. The Hall–Kier alpha value is -4.70. The van der Waals surface area contributed by atoms with Gasteiger partial charge in [0.15, 0.2) is 0 Å². The summed E-state index contributed by atoms with van der Waals surface area (Å²) >= 11 is 0. The summed E-state index contributed by atoms with van der Waals surface area (Å²) in [5.41, 5.74) is 9.83. The van der Waals surface area contributed by atoms with Crippen LogP contribution in [0.2, 0.25) is 0 Å².